The highest BCUT2D eigenvalue weighted by Gasteiger charge is 2.15. The van der Waals surface area contributed by atoms with E-state index in [4.69, 9.17) is 24.7 Å². The van der Waals surface area contributed by atoms with E-state index in [0.717, 1.165) is 0 Å². The second-order valence-corrected chi connectivity index (χ2v) is 4.00. The van der Waals surface area contributed by atoms with Gasteiger partial charge in [-0.3, -0.25) is 0 Å². The largest absolute Gasteiger partial charge is 0.493 e. The molecule has 1 aromatic carbocycles. The molecule has 0 radical (unpaired) electrons. The number of hydrogen-bond acceptors (Lipinski definition) is 7. The number of nitrogens with zero attached hydrogens (tertiary/aromatic N) is 2. The molecule has 0 aliphatic rings. The van der Waals surface area contributed by atoms with Crippen LogP contribution in [0.1, 0.15) is 5.69 Å². The number of methoxy groups -OCH3 is 3. The quantitative estimate of drug-likeness (QED) is 0.867. The molecule has 0 saturated heterocycles. The summed E-state index contributed by atoms with van der Waals surface area (Å²) in [5, 5.41) is 0. The molecule has 21 heavy (non-hydrogen) atoms. The molecule has 0 aliphatic carbocycles. The number of aromatic nitrogens is 2. The summed E-state index contributed by atoms with van der Waals surface area (Å²) in [4.78, 5) is 8.20. The van der Waals surface area contributed by atoms with Crippen LogP contribution in [0.5, 0.6) is 29.0 Å². The molecule has 112 valence electrons. The highest BCUT2D eigenvalue weighted by molar-refractivity contribution is 5.56. The summed E-state index contributed by atoms with van der Waals surface area (Å²) >= 11 is 0. The van der Waals surface area contributed by atoms with E-state index >= 15 is 0 Å². The predicted molar refractivity (Wildman–Crippen MR) is 76.1 cm³/mol. The smallest absolute Gasteiger partial charge is 0.322 e. The second-order valence-electron chi connectivity index (χ2n) is 4.00. The summed E-state index contributed by atoms with van der Waals surface area (Å²) in [6, 6.07) is 5.26. The molecule has 7 nitrogen and oxygen atoms in total. The Morgan fingerprint density at radius 1 is 1.05 bits per heavy atom. The lowest BCUT2D eigenvalue weighted by Crippen LogP contribution is -2.02. The Morgan fingerprint density at radius 3 is 2.24 bits per heavy atom. The third-order valence-electron chi connectivity index (χ3n) is 2.75. The normalized spacial score (nSPS) is 10.1. The van der Waals surface area contributed by atoms with Gasteiger partial charge >= 0.3 is 6.01 Å². The number of benzene rings is 1. The van der Waals surface area contributed by atoms with E-state index in [9.17, 15) is 0 Å². The van der Waals surface area contributed by atoms with Crippen molar-refractivity contribution in [2.45, 2.75) is 6.54 Å². The van der Waals surface area contributed by atoms with Crippen LogP contribution in [0.15, 0.2) is 24.4 Å². The molecule has 7 heteroatoms. The monoisotopic (exact) mass is 291 g/mol. The molecule has 2 aromatic rings. The predicted octanol–water partition coefficient (Wildman–Crippen LogP) is 1.75. The molecule has 0 atom stereocenters. The summed E-state index contributed by atoms with van der Waals surface area (Å²) in [6.07, 6.45) is 1.59. The maximum absolute atomic E-state index is 5.61. The molecule has 1 heterocycles. The first-order chi connectivity index (χ1) is 10.2. The Labute approximate surface area is 122 Å². The Kier molecular flexibility index (Phi) is 4.78. The summed E-state index contributed by atoms with van der Waals surface area (Å²) in [5.74, 6) is 1.94. The first-order valence-corrected chi connectivity index (χ1v) is 6.21. The van der Waals surface area contributed by atoms with Gasteiger partial charge in [0.15, 0.2) is 11.5 Å². The van der Waals surface area contributed by atoms with E-state index in [2.05, 4.69) is 9.97 Å². The van der Waals surface area contributed by atoms with Gasteiger partial charge in [0, 0.05) is 24.9 Å². The summed E-state index contributed by atoms with van der Waals surface area (Å²) in [7, 11) is 4.61. The van der Waals surface area contributed by atoms with Gasteiger partial charge in [0.05, 0.1) is 27.0 Å². The van der Waals surface area contributed by atoms with E-state index in [1.807, 2.05) is 0 Å². The average Bonchev–Trinajstić information content (AvgIpc) is 2.53. The second kappa shape index (κ2) is 6.76. The molecule has 2 rings (SSSR count). The summed E-state index contributed by atoms with van der Waals surface area (Å²) in [6.45, 7) is 0.314. The van der Waals surface area contributed by atoms with Crippen LogP contribution >= 0.6 is 0 Å². The Balaban J connectivity index is 2.35. The zero-order valence-electron chi connectivity index (χ0n) is 12.1. The fourth-order valence-electron chi connectivity index (χ4n) is 1.76. The van der Waals surface area contributed by atoms with Crippen LogP contribution in [0.3, 0.4) is 0 Å². The zero-order chi connectivity index (χ0) is 15.2. The van der Waals surface area contributed by atoms with Crippen molar-refractivity contribution in [1.82, 2.24) is 9.97 Å². The maximum atomic E-state index is 5.61. The van der Waals surface area contributed by atoms with Gasteiger partial charge in [0.2, 0.25) is 5.75 Å². The molecule has 0 amide bonds. The van der Waals surface area contributed by atoms with Crippen LogP contribution in [0.4, 0.5) is 0 Å². The van der Waals surface area contributed by atoms with Crippen molar-refractivity contribution in [3.05, 3.63) is 30.1 Å². The number of hydrogen-bond donors (Lipinski definition) is 1. The third kappa shape index (κ3) is 3.32. The molecule has 0 saturated carbocycles. The molecule has 0 aliphatic heterocycles. The van der Waals surface area contributed by atoms with Crippen LogP contribution in [0, 0.1) is 0 Å². The van der Waals surface area contributed by atoms with Crippen LogP contribution in [0.2, 0.25) is 0 Å². The van der Waals surface area contributed by atoms with Gasteiger partial charge in [-0.05, 0) is 6.07 Å². The fraction of sp³-hybridized carbons (Fsp3) is 0.286. The van der Waals surface area contributed by atoms with Gasteiger partial charge in [-0.25, -0.2) is 4.98 Å². The van der Waals surface area contributed by atoms with E-state index in [1.165, 1.54) is 21.3 Å². The lowest BCUT2D eigenvalue weighted by atomic mass is 10.2. The minimum absolute atomic E-state index is 0.201. The van der Waals surface area contributed by atoms with Crippen LogP contribution in [-0.4, -0.2) is 31.3 Å². The maximum Gasteiger partial charge on any atom is 0.322 e. The van der Waals surface area contributed by atoms with Gasteiger partial charge < -0.3 is 24.7 Å². The van der Waals surface area contributed by atoms with Crippen molar-refractivity contribution in [2.24, 2.45) is 5.73 Å². The summed E-state index contributed by atoms with van der Waals surface area (Å²) < 4.78 is 21.4. The molecular formula is C14H17N3O4. The molecule has 0 unspecified atom stereocenters. The highest BCUT2D eigenvalue weighted by Crippen LogP contribution is 2.41. The van der Waals surface area contributed by atoms with Crippen molar-refractivity contribution in [2.75, 3.05) is 21.3 Å². The van der Waals surface area contributed by atoms with E-state index < -0.39 is 0 Å². The van der Waals surface area contributed by atoms with Gasteiger partial charge in [-0.1, -0.05) is 0 Å². The van der Waals surface area contributed by atoms with Gasteiger partial charge in [-0.15, -0.1) is 0 Å². The van der Waals surface area contributed by atoms with E-state index in [0.29, 0.717) is 35.2 Å². The Morgan fingerprint density at radius 2 is 1.71 bits per heavy atom. The Bertz CT molecular complexity index is 594. The van der Waals surface area contributed by atoms with Crippen molar-refractivity contribution < 1.29 is 18.9 Å². The third-order valence-corrected chi connectivity index (χ3v) is 2.75. The van der Waals surface area contributed by atoms with Crippen molar-refractivity contribution in [3.63, 3.8) is 0 Å². The molecule has 2 N–H and O–H groups in total. The lowest BCUT2D eigenvalue weighted by Gasteiger charge is -2.14. The van der Waals surface area contributed by atoms with Crippen molar-refractivity contribution >= 4 is 0 Å². The van der Waals surface area contributed by atoms with Gasteiger partial charge in [-0.2, -0.15) is 4.98 Å². The highest BCUT2D eigenvalue weighted by atomic mass is 16.5. The molecule has 0 spiro atoms. The van der Waals surface area contributed by atoms with Crippen LogP contribution < -0.4 is 24.7 Å². The van der Waals surface area contributed by atoms with Crippen LogP contribution in [0.25, 0.3) is 0 Å². The topological polar surface area (TPSA) is 88.7 Å². The lowest BCUT2D eigenvalue weighted by molar-refractivity contribution is 0.320. The fourth-order valence-corrected chi connectivity index (χ4v) is 1.76. The van der Waals surface area contributed by atoms with Crippen molar-refractivity contribution in [1.29, 1.82) is 0 Å². The first kappa shape index (κ1) is 14.9. The van der Waals surface area contributed by atoms with Crippen molar-refractivity contribution in [3.8, 4) is 29.0 Å². The van der Waals surface area contributed by atoms with Gasteiger partial charge in [0.1, 0.15) is 5.75 Å². The van der Waals surface area contributed by atoms with E-state index in [1.54, 1.807) is 24.4 Å². The molecular weight excluding hydrogens is 274 g/mol. The first-order valence-electron chi connectivity index (χ1n) is 6.21. The van der Waals surface area contributed by atoms with Gasteiger partial charge in [0.25, 0.3) is 0 Å². The average molecular weight is 291 g/mol. The van der Waals surface area contributed by atoms with E-state index in [-0.39, 0.29) is 6.01 Å². The standard InChI is InChI=1S/C14H17N3O4/c1-18-11-6-10(7-12(19-2)13(11)20-3)21-14-16-5-4-9(8-15)17-14/h4-7H,8,15H2,1-3H3. The molecule has 0 fully saturated rings. The van der Waals surface area contributed by atoms with Crippen LogP contribution in [-0.2, 0) is 6.54 Å². The number of ether oxygens (including phenoxy) is 4. The zero-order valence-corrected chi connectivity index (χ0v) is 12.1. The summed E-state index contributed by atoms with van der Waals surface area (Å²) in [5.41, 5.74) is 6.23. The Hall–Kier alpha value is -2.54. The molecule has 1 aromatic heterocycles. The number of nitrogens with two attached hydrogens (primary N) is 1. The number of rotatable bonds is 6. The SMILES string of the molecule is COc1cc(Oc2nccc(CN)n2)cc(OC)c1OC. The molecule has 0 bridgehead atoms. The minimum Gasteiger partial charge on any atom is -0.493 e. The minimum atomic E-state index is 0.201.